The van der Waals surface area contributed by atoms with E-state index in [0.717, 1.165) is 17.3 Å². The second-order valence-electron chi connectivity index (χ2n) is 6.04. The van der Waals surface area contributed by atoms with Gasteiger partial charge in [-0.15, -0.1) is 0 Å². The van der Waals surface area contributed by atoms with Gasteiger partial charge in [-0.2, -0.15) is 13.2 Å². The number of para-hydroxylation sites is 2. The van der Waals surface area contributed by atoms with E-state index in [1.165, 1.54) is 18.2 Å². The van der Waals surface area contributed by atoms with Gasteiger partial charge in [-0.25, -0.2) is 0 Å². The predicted molar refractivity (Wildman–Crippen MR) is 100 cm³/mol. The molecule has 27 heavy (non-hydrogen) atoms. The Labute approximate surface area is 154 Å². The van der Waals surface area contributed by atoms with Crippen molar-refractivity contribution in [2.24, 2.45) is 0 Å². The lowest BCUT2D eigenvalue weighted by Gasteiger charge is -2.15. The Balaban J connectivity index is 1.89. The van der Waals surface area contributed by atoms with Gasteiger partial charge in [0, 0.05) is 5.69 Å². The summed E-state index contributed by atoms with van der Waals surface area (Å²) in [6.07, 6.45) is -4.55. The smallest absolute Gasteiger partial charge is 0.355 e. The Kier molecular flexibility index (Phi) is 5.16. The molecule has 0 heterocycles. The summed E-state index contributed by atoms with van der Waals surface area (Å²) in [7, 11) is 0. The van der Waals surface area contributed by atoms with E-state index in [2.05, 4.69) is 10.6 Å². The van der Waals surface area contributed by atoms with Crippen LogP contribution in [-0.2, 0) is 6.18 Å². The van der Waals surface area contributed by atoms with Gasteiger partial charge in [-0.05, 0) is 48.9 Å². The second kappa shape index (κ2) is 7.53. The molecule has 138 valence electrons. The first-order valence-electron chi connectivity index (χ1n) is 8.25. The third-order valence-corrected chi connectivity index (χ3v) is 3.95. The minimum Gasteiger partial charge on any atom is -0.355 e. The third kappa shape index (κ3) is 4.47. The highest BCUT2D eigenvalue weighted by Crippen LogP contribution is 2.35. The van der Waals surface area contributed by atoms with Crippen LogP contribution in [-0.4, -0.2) is 5.91 Å². The number of rotatable bonds is 4. The van der Waals surface area contributed by atoms with Gasteiger partial charge in [0.05, 0.1) is 22.5 Å². The maximum absolute atomic E-state index is 13.1. The quantitative estimate of drug-likeness (QED) is 0.590. The molecular formula is C21H17F3N2O. The summed E-state index contributed by atoms with van der Waals surface area (Å²) in [5, 5.41) is 5.51. The van der Waals surface area contributed by atoms with Crippen LogP contribution < -0.4 is 10.6 Å². The lowest BCUT2D eigenvalue weighted by atomic mass is 10.1. The van der Waals surface area contributed by atoms with Crippen LogP contribution in [0.15, 0.2) is 72.8 Å². The fourth-order valence-electron chi connectivity index (χ4n) is 2.70. The number of anilines is 3. The molecule has 0 saturated heterocycles. The molecule has 0 aromatic heterocycles. The molecule has 0 saturated carbocycles. The van der Waals surface area contributed by atoms with Crippen molar-refractivity contribution < 1.29 is 18.0 Å². The van der Waals surface area contributed by atoms with Crippen LogP contribution in [0.25, 0.3) is 0 Å². The molecule has 3 aromatic rings. The maximum Gasteiger partial charge on any atom is 0.418 e. The van der Waals surface area contributed by atoms with E-state index in [9.17, 15) is 18.0 Å². The molecule has 3 aromatic carbocycles. The van der Waals surface area contributed by atoms with Crippen LogP contribution in [0, 0.1) is 6.92 Å². The number of benzene rings is 3. The van der Waals surface area contributed by atoms with E-state index in [0.29, 0.717) is 5.69 Å². The molecule has 0 aliphatic rings. The Morgan fingerprint density at radius 2 is 1.52 bits per heavy atom. The number of amides is 1. The zero-order valence-corrected chi connectivity index (χ0v) is 14.5. The zero-order valence-electron chi connectivity index (χ0n) is 14.5. The molecule has 3 nitrogen and oxygen atoms in total. The van der Waals surface area contributed by atoms with Crippen LogP contribution in [0.5, 0.6) is 0 Å². The van der Waals surface area contributed by atoms with E-state index in [1.54, 1.807) is 24.3 Å². The number of hydrogen-bond acceptors (Lipinski definition) is 2. The number of carbonyl (C=O) groups is 1. The number of nitrogens with one attached hydrogen (secondary N) is 2. The number of hydrogen-bond donors (Lipinski definition) is 2. The van der Waals surface area contributed by atoms with Crippen LogP contribution in [0.4, 0.5) is 30.2 Å². The second-order valence-corrected chi connectivity index (χ2v) is 6.04. The van der Waals surface area contributed by atoms with Crippen molar-refractivity contribution in [2.75, 3.05) is 10.6 Å². The first-order valence-corrected chi connectivity index (χ1v) is 8.25. The molecule has 0 bridgehead atoms. The largest absolute Gasteiger partial charge is 0.418 e. The van der Waals surface area contributed by atoms with Gasteiger partial charge in [-0.3, -0.25) is 4.79 Å². The molecule has 0 radical (unpaired) electrons. The first-order chi connectivity index (χ1) is 12.8. The molecule has 0 spiro atoms. The van der Waals surface area contributed by atoms with Crippen molar-refractivity contribution in [1.29, 1.82) is 0 Å². The van der Waals surface area contributed by atoms with Gasteiger partial charge in [0.1, 0.15) is 0 Å². The minimum absolute atomic E-state index is 0.246. The fourth-order valence-corrected chi connectivity index (χ4v) is 2.70. The average Bonchev–Trinajstić information content (AvgIpc) is 2.62. The van der Waals surface area contributed by atoms with Crippen LogP contribution in [0.3, 0.4) is 0 Å². The highest BCUT2D eigenvalue weighted by molar-refractivity contribution is 6.08. The number of carbonyl (C=O) groups excluding carboxylic acids is 1. The zero-order chi connectivity index (χ0) is 19.4. The summed E-state index contributed by atoms with van der Waals surface area (Å²) in [4.78, 5) is 12.7. The summed E-state index contributed by atoms with van der Waals surface area (Å²) < 4.78 is 39.4. The van der Waals surface area contributed by atoms with Gasteiger partial charge in [0.25, 0.3) is 5.91 Å². The maximum atomic E-state index is 13.1. The van der Waals surface area contributed by atoms with Crippen molar-refractivity contribution in [3.05, 3.63) is 89.5 Å². The molecule has 1 amide bonds. The van der Waals surface area contributed by atoms with Crippen molar-refractivity contribution in [2.45, 2.75) is 13.1 Å². The number of alkyl halides is 3. The molecule has 6 heteroatoms. The van der Waals surface area contributed by atoms with E-state index >= 15 is 0 Å². The summed E-state index contributed by atoms with van der Waals surface area (Å²) in [5.41, 5.74) is 1.41. The summed E-state index contributed by atoms with van der Waals surface area (Å²) in [6, 6.07) is 19.1. The Bertz CT molecular complexity index is 967. The average molecular weight is 370 g/mol. The van der Waals surface area contributed by atoms with E-state index in [-0.39, 0.29) is 11.3 Å². The topological polar surface area (TPSA) is 41.1 Å². The molecule has 0 atom stereocenters. The number of halogens is 3. The monoisotopic (exact) mass is 370 g/mol. The number of aryl methyl sites for hydroxylation is 1. The van der Waals surface area contributed by atoms with Crippen LogP contribution in [0.2, 0.25) is 0 Å². The minimum atomic E-state index is -4.55. The molecule has 0 aliphatic heterocycles. The molecule has 0 fully saturated rings. The normalized spacial score (nSPS) is 11.1. The van der Waals surface area contributed by atoms with Crippen molar-refractivity contribution in [1.82, 2.24) is 0 Å². The highest BCUT2D eigenvalue weighted by atomic mass is 19.4. The third-order valence-electron chi connectivity index (χ3n) is 3.95. The van der Waals surface area contributed by atoms with E-state index in [4.69, 9.17) is 0 Å². The van der Waals surface area contributed by atoms with Crippen LogP contribution >= 0.6 is 0 Å². The van der Waals surface area contributed by atoms with Gasteiger partial charge < -0.3 is 10.6 Å². The molecule has 0 unspecified atom stereocenters. The molecule has 3 rings (SSSR count). The summed E-state index contributed by atoms with van der Waals surface area (Å²) in [5.74, 6) is -0.623. The van der Waals surface area contributed by atoms with Gasteiger partial charge >= 0.3 is 6.18 Å². The Hall–Kier alpha value is -3.28. The first kappa shape index (κ1) is 18.5. The van der Waals surface area contributed by atoms with Gasteiger partial charge in [-0.1, -0.05) is 36.4 Å². The fraction of sp³-hybridized carbons (Fsp3) is 0.0952. The standard InChI is InChI=1S/C21H17F3N2O/c1-14-7-6-8-15(13-14)25-18-11-4-2-9-16(18)20(27)26-19-12-5-3-10-17(19)21(22,23)24/h2-13,25H,1H3,(H,26,27). The summed E-state index contributed by atoms with van der Waals surface area (Å²) in [6.45, 7) is 1.94. The highest BCUT2D eigenvalue weighted by Gasteiger charge is 2.33. The summed E-state index contributed by atoms with van der Waals surface area (Å²) >= 11 is 0. The predicted octanol–water partition coefficient (Wildman–Crippen LogP) is 6.01. The van der Waals surface area contributed by atoms with Crippen LogP contribution in [0.1, 0.15) is 21.5 Å². The SMILES string of the molecule is Cc1cccc(Nc2ccccc2C(=O)Nc2ccccc2C(F)(F)F)c1. The molecule has 2 N–H and O–H groups in total. The Morgan fingerprint density at radius 1 is 0.852 bits per heavy atom. The van der Waals surface area contributed by atoms with Gasteiger partial charge in [0.15, 0.2) is 0 Å². The van der Waals surface area contributed by atoms with E-state index < -0.39 is 17.6 Å². The van der Waals surface area contributed by atoms with Crippen molar-refractivity contribution in [3.63, 3.8) is 0 Å². The lowest BCUT2D eigenvalue weighted by molar-refractivity contribution is -0.136. The van der Waals surface area contributed by atoms with Gasteiger partial charge in [0.2, 0.25) is 0 Å². The Morgan fingerprint density at radius 3 is 2.22 bits per heavy atom. The lowest BCUT2D eigenvalue weighted by Crippen LogP contribution is -2.17. The van der Waals surface area contributed by atoms with Crippen molar-refractivity contribution in [3.8, 4) is 0 Å². The van der Waals surface area contributed by atoms with E-state index in [1.807, 2.05) is 31.2 Å². The molecule has 0 aliphatic carbocycles. The van der Waals surface area contributed by atoms with Crippen molar-refractivity contribution >= 4 is 23.0 Å². The molecular weight excluding hydrogens is 353 g/mol.